The van der Waals surface area contributed by atoms with Crippen molar-refractivity contribution in [3.63, 3.8) is 0 Å². The van der Waals surface area contributed by atoms with E-state index in [-0.39, 0.29) is 5.91 Å². The second-order valence-electron chi connectivity index (χ2n) is 7.69. The molecule has 0 radical (unpaired) electrons. The van der Waals surface area contributed by atoms with Gasteiger partial charge < -0.3 is 10.6 Å². The number of halogens is 1. The first kappa shape index (κ1) is 22.0. The van der Waals surface area contributed by atoms with Gasteiger partial charge in [0.05, 0.1) is 5.69 Å². The molecule has 0 spiro atoms. The number of amides is 1. The number of fused-ring (bicyclic) bond motifs is 1. The quantitative estimate of drug-likeness (QED) is 0.259. The van der Waals surface area contributed by atoms with Gasteiger partial charge in [0.25, 0.3) is 5.91 Å². The molecule has 0 bridgehead atoms. The van der Waals surface area contributed by atoms with Gasteiger partial charge in [-0.05, 0) is 72.0 Å². The van der Waals surface area contributed by atoms with Gasteiger partial charge in [0, 0.05) is 34.4 Å². The first-order chi connectivity index (χ1) is 16.6. The summed E-state index contributed by atoms with van der Waals surface area (Å²) < 4.78 is 0. The van der Waals surface area contributed by atoms with Crippen molar-refractivity contribution in [2.24, 2.45) is 0 Å². The van der Waals surface area contributed by atoms with Crippen molar-refractivity contribution in [1.82, 2.24) is 15.0 Å². The van der Waals surface area contributed by atoms with Crippen LogP contribution in [-0.2, 0) is 5.88 Å². The lowest BCUT2D eigenvalue weighted by Crippen LogP contribution is -2.13. The molecule has 2 N–H and O–H groups in total. The fourth-order valence-corrected chi connectivity index (χ4v) is 4.45. The number of nitrogens with zero attached hydrogens (tertiary/aromatic N) is 3. The number of benzene rings is 2. The Morgan fingerprint density at radius 3 is 2.65 bits per heavy atom. The van der Waals surface area contributed by atoms with Crippen molar-refractivity contribution in [3.05, 3.63) is 95.0 Å². The van der Waals surface area contributed by atoms with Gasteiger partial charge in [-0.25, -0.2) is 9.97 Å². The second-order valence-corrected chi connectivity index (χ2v) is 8.85. The van der Waals surface area contributed by atoms with E-state index >= 15 is 0 Å². The summed E-state index contributed by atoms with van der Waals surface area (Å²) in [5.74, 6) is 0.682. The molecule has 0 aliphatic rings. The minimum atomic E-state index is -0.185. The highest BCUT2D eigenvalue weighted by Gasteiger charge is 2.13. The maximum absolute atomic E-state index is 12.8. The van der Waals surface area contributed by atoms with Crippen LogP contribution in [0.2, 0.25) is 0 Å². The van der Waals surface area contributed by atoms with E-state index in [0.29, 0.717) is 17.4 Å². The van der Waals surface area contributed by atoms with Gasteiger partial charge >= 0.3 is 0 Å². The molecular formula is C26H20ClN5OS. The van der Waals surface area contributed by atoms with E-state index in [1.807, 2.05) is 66.9 Å². The zero-order valence-electron chi connectivity index (χ0n) is 18.2. The molecule has 0 saturated heterocycles. The second kappa shape index (κ2) is 9.59. The maximum atomic E-state index is 12.8. The van der Waals surface area contributed by atoms with E-state index in [0.717, 1.165) is 44.1 Å². The first-order valence-electron chi connectivity index (χ1n) is 10.6. The monoisotopic (exact) mass is 485 g/mol. The average Bonchev–Trinajstić information content (AvgIpc) is 3.34. The molecule has 5 rings (SSSR count). The number of nitrogens with one attached hydrogen (secondary N) is 2. The number of aryl methyl sites for hydroxylation is 1. The highest BCUT2D eigenvalue weighted by molar-refractivity contribution is 7.16. The Morgan fingerprint density at radius 1 is 1.03 bits per heavy atom. The molecule has 3 heterocycles. The highest BCUT2D eigenvalue weighted by Crippen LogP contribution is 2.30. The molecule has 168 valence electrons. The molecule has 0 aliphatic heterocycles. The van der Waals surface area contributed by atoms with Crippen molar-refractivity contribution >= 4 is 56.4 Å². The van der Waals surface area contributed by atoms with E-state index in [4.69, 9.17) is 16.6 Å². The number of hydrogen-bond acceptors (Lipinski definition) is 6. The van der Waals surface area contributed by atoms with E-state index < -0.39 is 0 Å². The summed E-state index contributed by atoms with van der Waals surface area (Å²) >= 11 is 7.48. The Kier molecular flexibility index (Phi) is 6.20. The summed E-state index contributed by atoms with van der Waals surface area (Å²) in [5.41, 5.74) is 5.58. The van der Waals surface area contributed by atoms with Crippen LogP contribution in [0.15, 0.2) is 78.3 Å². The summed E-state index contributed by atoms with van der Waals surface area (Å²) in [6.45, 7) is 1.95. The molecule has 6 nitrogen and oxygen atoms in total. The van der Waals surface area contributed by atoms with Crippen molar-refractivity contribution in [2.45, 2.75) is 12.8 Å². The van der Waals surface area contributed by atoms with Gasteiger partial charge in [-0.15, -0.1) is 22.9 Å². The van der Waals surface area contributed by atoms with Gasteiger partial charge in [0.1, 0.15) is 10.5 Å². The zero-order chi connectivity index (χ0) is 23.5. The van der Waals surface area contributed by atoms with E-state index in [2.05, 4.69) is 20.6 Å². The predicted molar refractivity (Wildman–Crippen MR) is 139 cm³/mol. The minimum absolute atomic E-state index is 0.185. The van der Waals surface area contributed by atoms with E-state index in [1.165, 1.54) is 0 Å². The van der Waals surface area contributed by atoms with E-state index in [9.17, 15) is 4.79 Å². The number of carbonyl (C=O) groups is 1. The van der Waals surface area contributed by atoms with Crippen molar-refractivity contribution in [1.29, 1.82) is 0 Å². The average molecular weight is 486 g/mol. The smallest absolute Gasteiger partial charge is 0.255 e. The van der Waals surface area contributed by atoms with Gasteiger partial charge in [-0.3, -0.25) is 9.78 Å². The van der Waals surface area contributed by atoms with Crippen molar-refractivity contribution < 1.29 is 4.79 Å². The molecule has 0 aliphatic carbocycles. The minimum Gasteiger partial charge on any atom is -0.324 e. The lowest BCUT2D eigenvalue weighted by molar-refractivity contribution is 0.102. The van der Waals surface area contributed by atoms with Crippen LogP contribution < -0.4 is 10.6 Å². The molecule has 8 heteroatoms. The third-order valence-corrected chi connectivity index (χ3v) is 6.46. The molecule has 2 aromatic carbocycles. The van der Waals surface area contributed by atoms with Crippen LogP contribution in [0.4, 0.5) is 17.3 Å². The van der Waals surface area contributed by atoms with Gasteiger partial charge in [0.15, 0.2) is 0 Å². The number of anilines is 3. The largest absolute Gasteiger partial charge is 0.324 e. The van der Waals surface area contributed by atoms with Gasteiger partial charge in [0.2, 0.25) is 5.95 Å². The van der Waals surface area contributed by atoms with Crippen LogP contribution >= 0.6 is 22.9 Å². The van der Waals surface area contributed by atoms with Crippen LogP contribution in [0.5, 0.6) is 0 Å². The van der Waals surface area contributed by atoms with Crippen LogP contribution in [-0.4, -0.2) is 20.9 Å². The SMILES string of the molecule is Cc1ccc(CCl)cc1NC(=O)c1ccc(Nc2nc(-c3ccccn3)c3ccsc3n2)cc1. The van der Waals surface area contributed by atoms with Crippen LogP contribution in [0, 0.1) is 6.92 Å². The van der Waals surface area contributed by atoms with Crippen LogP contribution in [0.3, 0.4) is 0 Å². The molecule has 0 fully saturated rings. The van der Waals surface area contributed by atoms with Crippen molar-refractivity contribution in [2.75, 3.05) is 10.6 Å². The fourth-order valence-electron chi connectivity index (χ4n) is 3.52. The maximum Gasteiger partial charge on any atom is 0.255 e. The number of aromatic nitrogens is 3. The third kappa shape index (κ3) is 4.62. The number of thiophene rings is 1. The Morgan fingerprint density at radius 2 is 1.88 bits per heavy atom. The van der Waals surface area contributed by atoms with Crippen LogP contribution in [0.25, 0.3) is 21.6 Å². The number of pyridine rings is 1. The Labute approximate surface area is 205 Å². The Balaban J connectivity index is 1.36. The number of hydrogen-bond donors (Lipinski definition) is 2. The number of rotatable bonds is 6. The topological polar surface area (TPSA) is 79.8 Å². The van der Waals surface area contributed by atoms with E-state index in [1.54, 1.807) is 29.7 Å². The summed E-state index contributed by atoms with van der Waals surface area (Å²) in [4.78, 5) is 27.4. The molecule has 0 atom stereocenters. The fraction of sp³-hybridized carbons (Fsp3) is 0.0769. The molecule has 0 unspecified atom stereocenters. The lowest BCUT2D eigenvalue weighted by atomic mass is 10.1. The predicted octanol–water partition coefficient (Wildman–Crippen LogP) is 6.80. The lowest BCUT2D eigenvalue weighted by Gasteiger charge is -2.11. The summed E-state index contributed by atoms with van der Waals surface area (Å²) in [5, 5.41) is 9.17. The van der Waals surface area contributed by atoms with Gasteiger partial charge in [-0.2, -0.15) is 0 Å². The number of alkyl halides is 1. The van der Waals surface area contributed by atoms with Gasteiger partial charge in [-0.1, -0.05) is 18.2 Å². The Hall–Kier alpha value is -3.81. The first-order valence-corrected chi connectivity index (χ1v) is 12.0. The molecule has 34 heavy (non-hydrogen) atoms. The Bertz CT molecular complexity index is 1470. The zero-order valence-corrected chi connectivity index (χ0v) is 19.8. The summed E-state index contributed by atoms with van der Waals surface area (Å²) in [6, 6.07) is 20.7. The highest BCUT2D eigenvalue weighted by atomic mass is 35.5. The summed E-state index contributed by atoms with van der Waals surface area (Å²) in [6.07, 6.45) is 1.75. The molecular weight excluding hydrogens is 466 g/mol. The third-order valence-electron chi connectivity index (χ3n) is 5.34. The number of carbonyl (C=O) groups excluding carboxylic acids is 1. The molecule has 3 aromatic heterocycles. The summed E-state index contributed by atoms with van der Waals surface area (Å²) in [7, 11) is 0. The van der Waals surface area contributed by atoms with Crippen LogP contribution in [0.1, 0.15) is 21.5 Å². The van der Waals surface area contributed by atoms with Crippen molar-refractivity contribution in [3.8, 4) is 11.4 Å². The molecule has 0 saturated carbocycles. The molecule has 1 amide bonds. The molecule has 5 aromatic rings. The standard InChI is InChI=1S/C26H20ClN5OS/c1-16-5-6-17(15-27)14-22(16)30-24(33)18-7-9-19(10-8-18)29-26-31-23(21-4-2-3-12-28-21)20-11-13-34-25(20)32-26/h2-14H,15H2,1H3,(H,30,33)(H,29,31,32). The normalized spacial score (nSPS) is 10.9.